The van der Waals surface area contributed by atoms with Crippen molar-refractivity contribution in [2.75, 3.05) is 14.2 Å². The van der Waals surface area contributed by atoms with E-state index in [0.29, 0.717) is 0 Å². The maximum absolute atomic E-state index is 6.27. The van der Waals surface area contributed by atoms with Gasteiger partial charge in [0.2, 0.25) is 0 Å². The Labute approximate surface area is 104 Å². The number of rotatable bonds is 4. The Balaban J connectivity index is 3.09. The van der Waals surface area contributed by atoms with Crippen molar-refractivity contribution >= 4 is 0 Å². The van der Waals surface area contributed by atoms with Crippen LogP contribution in [0.2, 0.25) is 0 Å². The molecule has 0 fully saturated rings. The van der Waals surface area contributed by atoms with Crippen LogP contribution in [-0.2, 0) is 0 Å². The third-order valence-corrected chi connectivity index (χ3v) is 2.67. The molecule has 0 saturated heterocycles. The van der Waals surface area contributed by atoms with Crippen molar-refractivity contribution in [3.05, 3.63) is 23.8 Å². The molecule has 3 nitrogen and oxygen atoms in total. The van der Waals surface area contributed by atoms with Crippen LogP contribution in [0.1, 0.15) is 38.8 Å². The average Bonchev–Trinajstić information content (AvgIpc) is 2.25. The molecule has 0 bridgehead atoms. The van der Waals surface area contributed by atoms with Gasteiger partial charge in [-0.2, -0.15) is 0 Å². The first-order valence-corrected chi connectivity index (χ1v) is 5.85. The molecule has 0 aromatic heterocycles. The SMILES string of the molecule is COc1cccc(OC)c1C(N)CC(C)(C)C. The number of ether oxygens (including phenoxy) is 2. The van der Waals surface area contributed by atoms with E-state index in [9.17, 15) is 0 Å². The Hall–Kier alpha value is -1.22. The molecule has 1 rings (SSSR count). The highest BCUT2D eigenvalue weighted by molar-refractivity contribution is 5.46. The van der Waals surface area contributed by atoms with Gasteiger partial charge in [-0.15, -0.1) is 0 Å². The monoisotopic (exact) mass is 237 g/mol. The zero-order chi connectivity index (χ0) is 13.1. The van der Waals surface area contributed by atoms with Gasteiger partial charge in [0.15, 0.2) is 0 Å². The van der Waals surface area contributed by atoms with Crippen LogP contribution in [0.3, 0.4) is 0 Å². The molecule has 96 valence electrons. The Morgan fingerprint density at radius 3 is 1.94 bits per heavy atom. The molecule has 0 saturated carbocycles. The number of methoxy groups -OCH3 is 2. The van der Waals surface area contributed by atoms with Gasteiger partial charge >= 0.3 is 0 Å². The summed E-state index contributed by atoms with van der Waals surface area (Å²) < 4.78 is 10.7. The zero-order valence-corrected chi connectivity index (χ0v) is 11.4. The van der Waals surface area contributed by atoms with Crippen molar-refractivity contribution in [3.63, 3.8) is 0 Å². The summed E-state index contributed by atoms with van der Waals surface area (Å²) in [6, 6.07) is 5.66. The lowest BCUT2D eigenvalue weighted by atomic mass is 9.85. The third kappa shape index (κ3) is 3.63. The summed E-state index contributed by atoms with van der Waals surface area (Å²) in [7, 11) is 3.31. The predicted octanol–water partition coefficient (Wildman–Crippen LogP) is 3.14. The summed E-state index contributed by atoms with van der Waals surface area (Å²) in [5.41, 5.74) is 7.40. The lowest BCUT2D eigenvalue weighted by molar-refractivity contribution is 0.324. The molecule has 0 heterocycles. The molecular weight excluding hydrogens is 214 g/mol. The molecule has 0 aliphatic rings. The molecule has 3 heteroatoms. The summed E-state index contributed by atoms with van der Waals surface area (Å²) in [5, 5.41) is 0. The number of hydrogen-bond acceptors (Lipinski definition) is 3. The molecule has 0 amide bonds. The van der Waals surface area contributed by atoms with Gasteiger partial charge in [0.1, 0.15) is 11.5 Å². The van der Waals surface area contributed by atoms with Crippen LogP contribution in [0.4, 0.5) is 0 Å². The summed E-state index contributed by atoms with van der Waals surface area (Å²) in [5.74, 6) is 1.59. The number of hydrogen-bond donors (Lipinski definition) is 1. The van der Waals surface area contributed by atoms with Crippen LogP contribution < -0.4 is 15.2 Å². The highest BCUT2D eigenvalue weighted by Gasteiger charge is 2.22. The fourth-order valence-electron chi connectivity index (χ4n) is 2.01. The second kappa shape index (κ2) is 5.41. The van der Waals surface area contributed by atoms with Crippen molar-refractivity contribution in [2.45, 2.75) is 33.2 Å². The molecule has 1 atom stereocenters. The quantitative estimate of drug-likeness (QED) is 0.875. The third-order valence-electron chi connectivity index (χ3n) is 2.67. The van der Waals surface area contributed by atoms with E-state index in [1.165, 1.54) is 0 Å². The fraction of sp³-hybridized carbons (Fsp3) is 0.571. The first-order chi connectivity index (χ1) is 7.89. The van der Waals surface area contributed by atoms with E-state index in [2.05, 4.69) is 20.8 Å². The minimum absolute atomic E-state index is 0.0823. The predicted molar refractivity (Wildman–Crippen MR) is 70.5 cm³/mol. The van der Waals surface area contributed by atoms with Crippen LogP contribution in [0.5, 0.6) is 11.5 Å². The van der Waals surface area contributed by atoms with Gasteiger partial charge in [-0.25, -0.2) is 0 Å². The number of nitrogens with two attached hydrogens (primary N) is 1. The van der Waals surface area contributed by atoms with Crippen molar-refractivity contribution in [2.24, 2.45) is 11.1 Å². The van der Waals surface area contributed by atoms with Crippen LogP contribution >= 0.6 is 0 Å². The van der Waals surface area contributed by atoms with Crippen molar-refractivity contribution in [1.82, 2.24) is 0 Å². The molecule has 0 aliphatic heterocycles. The Morgan fingerprint density at radius 2 is 1.59 bits per heavy atom. The Bertz CT molecular complexity index is 347. The summed E-state index contributed by atoms with van der Waals surface area (Å²) in [4.78, 5) is 0. The van der Waals surface area contributed by atoms with Crippen molar-refractivity contribution < 1.29 is 9.47 Å². The maximum Gasteiger partial charge on any atom is 0.127 e. The highest BCUT2D eigenvalue weighted by Crippen LogP contribution is 2.37. The second-order valence-corrected chi connectivity index (χ2v) is 5.45. The van der Waals surface area contributed by atoms with Crippen LogP contribution in [0.15, 0.2) is 18.2 Å². The highest BCUT2D eigenvalue weighted by atomic mass is 16.5. The second-order valence-electron chi connectivity index (χ2n) is 5.45. The van der Waals surface area contributed by atoms with Crippen molar-refractivity contribution in [3.8, 4) is 11.5 Å². The van der Waals surface area contributed by atoms with E-state index < -0.39 is 0 Å². The van der Waals surface area contributed by atoms with Gasteiger partial charge in [0.25, 0.3) is 0 Å². The molecule has 2 N–H and O–H groups in total. The fourth-order valence-corrected chi connectivity index (χ4v) is 2.01. The summed E-state index contributed by atoms with van der Waals surface area (Å²) in [6.07, 6.45) is 0.879. The Morgan fingerprint density at radius 1 is 1.12 bits per heavy atom. The summed E-state index contributed by atoms with van der Waals surface area (Å²) in [6.45, 7) is 6.53. The van der Waals surface area contributed by atoms with E-state index >= 15 is 0 Å². The molecule has 1 unspecified atom stereocenters. The molecule has 0 spiro atoms. The van der Waals surface area contributed by atoms with E-state index in [4.69, 9.17) is 15.2 Å². The molecule has 1 aromatic rings. The van der Waals surface area contributed by atoms with Crippen LogP contribution in [0, 0.1) is 5.41 Å². The van der Waals surface area contributed by atoms with Crippen molar-refractivity contribution in [1.29, 1.82) is 0 Å². The molecule has 0 radical (unpaired) electrons. The van der Waals surface area contributed by atoms with Crippen LogP contribution in [-0.4, -0.2) is 14.2 Å². The largest absolute Gasteiger partial charge is 0.496 e. The first kappa shape index (κ1) is 13.8. The molecular formula is C14H23NO2. The summed E-state index contributed by atoms with van der Waals surface area (Å²) >= 11 is 0. The average molecular weight is 237 g/mol. The van der Waals surface area contributed by atoms with E-state index in [0.717, 1.165) is 23.5 Å². The zero-order valence-electron chi connectivity index (χ0n) is 11.4. The minimum atomic E-state index is -0.0823. The van der Waals surface area contributed by atoms with Gasteiger partial charge in [-0.05, 0) is 24.0 Å². The topological polar surface area (TPSA) is 44.5 Å². The van der Waals surface area contributed by atoms with Gasteiger partial charge in [-0.1, -0.05) is 26.8 Å². The van der Waals surface area contributed by atoms with Gasteiger partial charge < -0.3 is 15.2 Å². The maximum atomic E-state index is 6.27. The molecule has 17 heavy (non-hydrogen) atoms. The smallest absolute Gasteiger partial charge is 0.127 e. The van der Waals surface area contributed by atoms with E-state index in [1.807, 2.05) is 18.2 Å². The Kier molecular flexibility index (Phi) is 4.40. The van der Waals surface area contributed by atoms with E-state index in [1.54, 1.807) is 14.2 Å². The lowest BCUT2D eigenvalue weighted by Crippen LogP contribution is -2.20. The van der Waals surface area contributed by atoms with Gasteiger partial charge in [-0.3, -0.25) is 0 Å². The van der Waals surface area contributed by atoms with Gasteiger partial charge in [0.05, 0.1) is 19.8 Å². The minimum Gasteiger partial charge on any atom is -0.496 e. The lowest BCUT2D eigenvalue weighted by Gasteiger charge is -2.25. The normalized spacial score (nSPS) is 13.3. The van der Waals surface area contributed by atoms with E-state index in [-0.39, 0.29) is 11.5 Å². The molecule has 1 aromatic carbocycles. The number of benzene rings is 1. The van der Waals surface area contributed by atoms with Crippen LogP contribution in [0.25, 0.3) is 0 Å². The van der Waals surface area contributed by atoms with Gasteiger partial charge in [0, 0.05) is 6.04 Å². The first-order valence-electron chi connectivity index (χ1n) is 5.85. The molecule has 0 aliphatic carbocycles. The standard InChI is InChI=1S/C14H23NO2/c1-14(2,3)9-10(15)13-11(16-4)7-6-8-12(13)17-5/h6-8,10H,9,15H2,1-5H3.